The molecule has 11 heteroatoms. The number of carbonyl (C=O) groups excluding carboxylic acids is 2. The van der Waals surface area contributed by atoms with Gasteiger partial charge in [0, 0.05) is 17.1 Å². The number of hydrogen-bond donors (Lipinski definition) is 1. The van der Waals surface area contributed by atoms with Crippen LogP contribution in [0, 0.1) is 5.82 Å². The summed E-state index contributed by atoms with van der Waals surface area (Å²) in [7, 11) is -4.26. The van der Waals surface area contributed by atoms with Gasteiger partial charge in [0.15, 0.2) is 0 Å². The van der Waals surface area contributed by atoms with E-state index >= 15 is 0 Å². The Kier molecular flexibility index (Phi) is 9.86. The summed E-state index contributed by atoms with van der Waals surface area (Å²) < 4.78 is 43.2. The van der Waals surface area contributed by atoms with E-state index < -0.39 is 34.3 Å². The van der Waals surface area contributed by atoms with Crippen LogP contribution in [0.2, 0.25) is 5.02 Å². The topological polar surface area (TPSA) is 86.8 Å². The summed E-state index contributed by atoms with van der Waals surface area (Å²) in [5, 5.41) is 2.75. The quantitative estimate of drug-likeness (QED) is 0.296. The Hall–Kier alpha value is -2.95. The van der Waals surface area contributed by atoms with Crippen molar-refractivity contribution >= 4 is 55.1 Å². The average molecular weight is 651 g/mol. The molecule has 3 aromatic rings. The van der Waals surface area contributed by atoms with Gasteiger partial charge in [-0.1, -0.05) is 70.7 Å². The second kappa shape index (κ2) is 13.1. The third-order valence-corrected chi connectivity index (χ3v) is 9.48. The van der Waals surface area contributed by atoms with Crippen LogP contribution in [0.3, 0.4) is 0 Å². The van der Waals surface area contributed by atoms with Crippen LogP contribution >= 0.6 is 27.5 Å². The fourth-order valence-corrected chi connectivity index (χ4v) is 6.74. The smallest absolute Gasteiger partial charge is 0.264 e. The molecule has 0 radical (unpaired) electrons. The number of nitrogens with zero attached hydrogens (tertiary/aromatic N) is 2. The summed E-state index contributed by atoms with van der Waals surface area (Å²) in [5.41, 5.74) is 0.777. The highest BCUT2D eigenvalue weighted by molar-refractivity contribution is 9.10. The zero-order valence-electron chi connectivity index (χ0n) is 21.9. The van der Waals surface area contributed by atoms with Crippen LogP contribution in [0.25, 0.3) is 0 Å². The second-order valence-electron chi connectivity index (χ2n) is 9.74. The number of hydrogen-bond acceptors (Lipinski definition) is 4. The Bertz CT molecular complexity index is 1470. The molecule has 3 aromatic carbocycles. The molecule has 2 amide bonds. The lowest BCUT2D eigenvalue weighted by molar-refractivity contribution is -0.139. The van der Waals surface area contributed by atoms with Gasteiger partial charge < -0.3 is 10.2 Å². The second-order valence-corrected chi connectivity index (χ2v) is 12.9. The van der Waals surface area contributed by atoms with Gasteiger partial charge in [0.1, 0.15) is 18.4 Å². The van der Waals surface area contributed by atoms with Crippen molar-refractivity contribution in [1.82, 2.24) is 10.2 Å². The lowest BCUT2D eigenvalue weighted by Crippen LogP contribution is -2.52. The number of sulfonamides is 1. The molecule has 1 saturated carbocycles. The van der Waals surface area contributed by atoms with Crippen molar-refractivity contribution in [3.05, 3.63) is 93.7 Å². The molecule has 1 N–H and O–H groups in total. The average Bonchev–Trinajstić information content (AvgIpc) is 3.45. The third kappa shape index (κ3) is 7.21. The van der Waals surface area contributed by atoms with Crippen molar-refractivity contribution < 1.29 is 22.4 Å². The fraction of sp³-hybridized carbons (Fsp3) is 0.310. The molecule has 4 rings (SSSR count). The van der Waals surface area contributed by atoms with Gasteiger partial charge in [-0.05, 0) is 67.8 Å². The minimum Gasteiger partial charge on any atom is -0.352 e. The molecule has 0 bridgehead atoms. The van der Waals surface area contributed by atoms with E-state index in [9.17, 15) is 22.4 Å². The minimum atomic E-state index is -4.26. The van der Waals surface area contributed by atoms with Gasteiger partial charge in [0.05, 0.1) is 15.6 Å². The van der Waals surface area contributed by atoms with Crippen molar-refractivity contribution in [2.75, 3.05) is 10.8 Å². The van der Waals surface area contributed by atoms with Crippen LogP contribution in [-0.2, 0) is 26.2 Å². The number of rotatable bonds is 10. The number of benzene rings is 3. The maximum Gasteiger partial charge on any atom is 0.264 e. The molecular weight excluding hydrogens is 621 g/mol. The van der Waals surface area contributed by atoms with E-state index in [1.54, 1.807) is 25.1 Å². The van der Waals surface area contributed by atoms with E-state index in [2.05, 4.69) is 21.2 Å². The molecule has 40 heavy (non-hydrogen) atoms. The van der Waals surface area contributed by atoms with Crippen molar-refractivity contribution in [3.63, 3.8) is 0 Å². The van der Waals surface area contributed by atoms with E-state index in [1.165, 1.54) is 29.2 Å². The van der Waals surface area contributed by atoms with E-state index in [-0.39, 0.29) is 34.1 Å². The highest BCUT2D eigenvalue weighted by Gasteiger charge is 2.33. The summed E-state index contributed by atoms with van der Waals surface area (Å²) in [5.74, 6) is -1.63. The van der Waals surface area contributed by atoms with Crippen molar-refractivity contribution in [3.8, 4) is 0 Å². The van der Waals surface area contributed by atoms with Crippen LogP contribution in [-0.4, -0.2) is 43.8 Å². The van der Waals surface area contributed by atoms with E-state index in [0.717, 1.165) is 46.1 Å². The fourth-order valence-electron chi connectivity index (χ4n) is 4.70. The van der Waals surface area contributed by atoms with Gasteiger partial charge in [-0.3, -0.25) is 13.9 Å². The lowest BCUT2D eigenvalue weighted by Gasteiger charge is -2.32. The lowest BCUT2D eigenvalue weighted by atomic mass is 10.1. The summed E-state index contributed by atoms with van der Waals surface area (Å²) in [6.45, 7) is 1.07. The third-order valence-electron chi connectivity index (χ3n) is 6.91. The monoisotopic (exact) mass is 649 g/mol. The van der Waals surface area contributed by atoms with Gasteiger partial charge in [-0.25, -0.2) is 12.8 Å². The maximum atomic E-state index is 14.0. The molecule has 1 aliphatic carbocycles. The van der Waals surface area contributed by atoms with Crippen molar-refractivity contribution in [2.45, 2.75) is 56.1 Å². The summed E-state index contributed by atoms with van der Waals surface area (Å²) >= 11 is 9.43. The SMILES string of the molecule is C[C@H](C(=O)NC1CCCC1)N(Cc1cccc(Br)c1)C(=O)CN(c1ccc(F)c(Cl)c1)S(=O)(=O)c1ccccc1. The molecule has 212 valence electrons. The molecule has 0 spiro atoms. The van der Waals surface area contributed by atoms with Crippen molar-refractivity contribution in [1.29, 1.82) is 0 Å². The number of nitrogens with one attached hydrogen (secondary N) is 1. The molecule has 0 aliphatic heterocycles. The minimum absolute atomic E-state index is 0.0223. The first-order valence-corrected chi connectivity index (χ1v) is 15.5. The first kappa shape index (κ1) is 30.0. The molecule has 0 aromatic heterocycles. The zero-order valence-corrected chi connectivity index (χ0v) is 25.1. The van der Waals surface area contributed by atoms with Crippen LogP contribution in [0.5, 0.6) is 0 Å². The van der Waals surface area contributed by atoms with Gasteiger partial charge >= 0.3 is 0 Å². The number of anilines is 1. The predicted molar refractivity (Wildman–Crippen MR) is 157 cm³/mol. The molecule has 1 fully saturated rings. The van der Waals surface area contributed by atoms with Gasteiger partial charge in [-0.15, -0.1) is 0 Å². The normalized spacial score (nSPS) is 14.5. The number of carbonyl (C=O) groups is 2. The van der Waals surface area contributed by atoms with Crippen LogP contribution in [0.15, 0.2) is 82.2 Å². The molecule has 0 heterocycles. The Morgan fingerprint density at radius 3 is 2.40 bits per heavy atom. The van der Waals surface area contributed by atoms with Crippen LogP contribution < -0.4 is 9.62 Å². The predicted octanol–water partition coefficient (Wildman–Crippen LogP) is 5.91. The molecule has 1 aliphatic rings. The maximum absolute atomic E-state index is 14.0. The Balaban J connectivity index is 1.69. The number of amides is 2. The summed E-state index contributed by atoms with van der Waals surface area (Å²) in [6, 6.07) is 17.6. The standard InChI is InChI=1S/C29H30BrClFN3O4S/c1-20(29(37)33-23-10-5-6-11-23)34(18-21-8-7-9-22(30)16-21)28(36)19-35(24-14-15-27(32)26(31)17-24)40(38,39)25-12-3-2-4-13-25/h2-4,7-9,12-17,20,23H,5-6,10-11,18-19H2,1H3,(H,33,37)/t20-/m1/s1. The van der Waals surface area contributed by atoms with Crippen molar-refractivity contribution in [2.24, 2.45) is 0 Å². The Morgan fingerprint density at radius 2 is 1.75 bits per heavy atom. The zero-order chi connectivity index (χ0) is 28.9. The largest absolute Gasteiger partial charge is 0.352 e. The Morgan fingerprint density at radius 1 is 1.05 bits per heavy atom. The molecule has 0 saturated heterocycles. The van der Waals surface area contributed by atoms with Crippen LogP contribution in [0.4, 0.5) is 10.1 Å². The molecule has 7 nitrogen and oxygen atoms in total. The summed E-state index contributed by atoms with van der Waals surface area (Å²) in [6.07, 6.45) is 3.83. The van der Waals surface area contributed by atoms with E-state index in [0.29, 0.717) is 0 Å². The molecular formula is C29H30BrClFN3O4S. The van der Waals surface area contributed by atoms with Gasteiger partial charge in [-0.2, -0.15) is 0 Å². The number of halogens is 3. The van der Waals surface area contributed by atoms with E-state index in [4.69, 9.17) is 11.6 Å². The van der Waals surface area contributed by atoms with Crippen LogP contribution in [0.1, 0.15) is 38.2 Å². The molecule has 1 atom stereocenters. The highest BCUT2D eigenvalue weighted by Crippen LogP contribution is 2.28. The van der Waals surface area contributed by atoms with Gasteiger partial charge in [0.25, 0.3) is 10.0 Å². The first-order valence-electron chi connectivity index (χ1n) is 12.9. The summed E-state index contributed by atoms with van der Waals surface area (Å²) in [4.78, 5) is 28.5. The highest BCUT2D eigenvalue weighted by atomic mass is 79.9. The van der Waals surface area contributed by atoms with Gasteiger partial charge in [0.2, 0.25) is 11.8 Å². The first-order chi connectivity index (χ1) is 19.1. The van der Waals surface area contributed by atoms with E-state index in [1.807, 2.05) is 24.3 Å². The Labute approximate surface area is 247 Å². The molecule has 0 unspecified atom stereocenters.